The zero-order valence-corrected chi connectivity index (χ0v) is 15.2. The Morgan fingerprint density at radius 3 is 2.21 bits per heavy atom. The molecule has 6 nitrogen and oxygen atoms in total. The van der Waals surface area contributed by atoms with Crippen LogP contribution in [0.4, 0.5) is 0 Å². The summed E-state index contributed by atoms with van der Waals surface area (Å²) in [6.07, 6.45) is 0. The number of hydrogen-bond acceptors (Lipinski definition) is 5. The number of aliphatic imine (C=N–C) groups is 1. The molecule has 24 heavy (non-hydrogen) atoms. The molecule has 7 heteroatoms. The fraction of sp³-hybridized carbons (Fsp3) is 0.353. The first-order valence-electron chi connectivity index (χ1n) is 7.47. The van der Waals surface area contributed by atoms with Crippen LogP contribution in [0.15, 0.2) is 34.6 Å². The summed E-state index contributed by atoms with van der Waals surface area (Å²) >= 11 is 1.71. The Labute approximate surface area is 146 Å². The summed E-state index contributed by atoms with van der Waals surface area (Å²) in [5, 5.41) is 8.62. The van der Waals surface area contributed by atoms with E-state index in [1.807, 2.05) is 18.2 Å². The molecule has 0 amide bonds. The monoisotopic (exact) mass is 349 g/mol. The zero-order chi connectivity index (χ0) is 17.4. The number of thiophene rings is 1. The maximum atomic E-state index is 5.46. The molecule has 2 N–H and O–H groups in total. The van der Waals surface area contributed by atoms with Crippen LogP contribution in [-0.4, -0.2) is 34.3 Å². The van der Waals surface area contributed by atoms with Gasteiger partial charge in [-0.25, -0.2) is 0 Å². The largest absolute Gasteiger partial charge is 0.496 e. The van der Waals surface area contributed by atoms with Crippen LogP contribution in [0.2, 0.25) is 0 Å². The van der Waals surface area contributed by atoms with E-state index in [9.17, 15) is 0 Å². The number of ether oxygens (including phenoxy) is 3. The van der Waals surface area contributed by atoms with E-state index in [1.165, 1.54) is 4.88 Å². The number of hydrogen-bond donors (Lipinski definition) is 2. The van der Waals surface area contributed by atoms with E-state index in [-0.39, 0.29) is 0 Å². The maximum Gasteiger partial charge on any atom is 0.191 e. The highest BCUT2D eigenvalue weighted by atomic mass is 32.1. The van der Waals surface area contributed by atoms with Gasteiger partial charge in [-0.15, -0.1) is 11.3 Å². The molecule has 2 aromatic rings. The second-order valence-corrected chi connectivity index (χ2v) is 5.90. The van der Waals surface area contributed by atoms with Crippen molar-refractivity contribution in [3.05, 3.63) is 40.1 Å². The zero-order valence-electron chi connectivity index (χ0n) is 14.4. The highest BCUT2D eigenvalue weighted by molar-refractivity contribution is 7.09. The normalized spacial score (nSPS) is 11.1. The third-order valence-corrected chi connectivity index (χ3v) is 4.36. The lowest BCUT2D eigenvalue weighted by molar-refractivity contribution is 0.368. The average Bonchev–Trinajstić information content (AvgIpc) is 3.14. The van der Waals surface area contributed by atoms with E-state index < -0.39 is 0 Å². The Morgan fingerprint density at radius 1 is 1.04 bits per heavy atom. The fourth-order valence-electron chi connectivity index (χ4n) is 2.23. The first-order valence-corrected chi connectivity index (χ1v) is 8.35. The Balaban J connectivity index is 2.06. The number of rotatable bonds is 7. The molecule has 0 saturated heterocycles. The molecule has 0 aliphatic heterocycles. The predicted octanol–water partition coefficient (Wildman–Crippen LogP) is 2.64. The Bertz CT molecular complexity index is 647. The van der Waals surface area contributed by atoms with Gasteiger partial charge in [0.25, 0.3) is 0 Å². The second kappa shape index (κ2) is 9.02. The average molecular weight is 349 g/mol. The standard InChI is InChI=1S/C17H23N3O3S/c1-18-17(19-10-13-6-5-7-24-13)20-11-14-15(22-3)8-12(21-2)9-16(14)23-4/h5-9H,10-11H2,1-4H3,(H2,18,19,20). The molecule has 130 valence electrons. The molecule has 1 heterocycles. The van der Waals surface area contributed by atoms with Crippen molar-refractivity contribution in [2.45, 2.75) is 13.1 Å². The fourth-order valence-corrected chi connectivity index (χ4v) is 2.87. The van der Waals surface area contributed by atoms with E-state index in [0.29, 0.717) is 29.8 Å². The third-order valence-electron chi connectivity index (χ3n) is 3.48. The van der Waals surface area contributed by atoms with E-state index in [4.69, 9.17) is 14.2 Å². The lowest BCUT2D eigenvalue weighted by Crippen LogP contribution is -2.36. The Hall–Kier alpha value is -2.41. The number of nitrogens with one attached hydrogen (secondary N) is 2. The summed E-state index contributed by atoms with van der Waals surface area (Å²) < 4.78 is 16.2. The molecule has 0 aliphatic rings. The molecular weight excluding hydrogens is 326 g/mol. The molecular formula is C17H23N3O3S. The minimum absolute atomic E-state index is 0.514. The van der Waals surface area contributed by atoms with Gasteiger partial charge in [-0.2, -0.15) is 0 Å². The van der Waals surface area contributed by atoms with Gasteiger partial charge in [0.05, 0.1) is 40.0 Å². The van der Waals surface area contributed by atoms with Gasteiger partial charge in [0, 0.05) is 24.1 Å². The van der Waals surface area contributed by atoms with Crippen LogP contribution in [0.1, 0.15) is 10.4 Å². The maximum absolute atomic E-state index is 5.46. The Kier molecular flexibility index (Phi) is 6.74. The van der Waals surface area contributed by atoms with Gasteiger partial charge in [-0.1, -0.05) is 6.07 Å². The van der Waals surface area contributed by atoms with Gasteiger partial charge in [0.15, 0.2) is 5.96 Å². The molecule has 1 aromatic carbocycles. The molecule has 0 bridgehead atoms. The number of guanidine groups is 1. The van der Waals surface area contributed by atoms with Crippen LogP contribution in [0.3, 0.4) is 0 Å². The van der Waals surface area contributed by atoms with Crippen molar-refractivity contribution < 1.29 is 14.2 Å². The molecule has 0 saturated carbocycles. The smallest absolute Gasteiger partial charge is 0.191 e. The number of benzene rings is 1. The third kappa shape index (κ3) is 4.55. The topological polar surface area (TPSA) is 64.1 Å². The van der Waals surface area contributed by atoms with Crippen molar-refractivity contribution in [3.63, 3.8) is 0 Å². The molecule has 0 fully saturated rings. The molecule has 0 spiro atoms. The van der Waals surface area contributed by atoms with Crippen molar-refractivity contribution in [1.29, 1.82) is 0 Å². The van der Waals surface area contributed by atoms with Crippen molar-refractivity contribution in [3.8, 4) is 17.2 Å². The van der Waals surface area contributed by atoms with Crippen molar-refractivity contribution in [2.75, 3.05) is 28.4 Å². The van der Waals surface area contributed by atoms with Gasteiger partial charge >= 0.3 is 0 Å². The second-order valence-electron chi connectivity index (χ2n) is 4.87. The quantitative estimate of drug-likeness (QED) is 0.594. The highest BCUT2D eigenvalue weighted by Gasteiger charge is 2.13. The summed E-state index contributed by atoms with van der Waals surface area (Å²) in [4.78, 5) is 5.49. The van der Waals surface area contributed by atoms with Crippen LogP contribution < -0.4 is 24.8 Å². The summed E-state index contributed by atoms with van der Waals surface area (Å²) in [6, 6.07) is 7.79. The Morgan fingerprint density at radius 2 is 1.71 bits per heavy atom. The SMILES string of the molecule is CN=C(NCc1cccs1)NCc1c(OC)cc(OC)cc1OC. The molecule has 0 atom stereocenters. The predicted molar refractivity (Wildman–Crippen MR) is 97.5 cm³/mol. The van der Waals surface area contributed by atoms with Crippen molar-refractivity contribution >= 4 is 17.3 Å². The van der Waals surface area contributed by atoms with Gasteiger partial charge < -0.3 is 24.8 Å². The number of methoxy groups -OCH3 is 3. The summed E-state index contributed by atoms with van der Waals surface area (Å²) in [6.45, 7) is 1.24. The van der Waals surface area contributed by atoms with Crippen LogP contribution in [0.25, 0.3) is 0 Å². The lowest BCUT2D eigenvalue weighted by atomic mass is 10.1. The van der Waals surface area contributed by atoms with Crippen LogP contribution in [0.5, 0.6) is 17.2 Å². The first kappa shape index (κ1) is 17.9. The van der Waals surface area contributed by atoms with Crippen LogP contribution >= 0.6 is 11.3 Å². The number of nitrogens with zero attached hydrogens (tertiary/aromatic N) is 1. The lowest BCUT2D eigenvalue weighted by Gasteiger charge is -2.17. The summed E-state index contributed by atoms with van der Waals surface area (Å²) in [5.74, 6) is 2.80. The minimum Gasteiger partial charge on any atom is -0.496 e. The van der Waals surface area contributed by atoms with Crippen molar-refractivity contribution in [1.82, 2.24) is 10.6 Å². The van der Waals surface area contributed by atoms with Crippen LogP contribution in [0, 0.1) is 0 Å². The van der Waals surface area contributed by atoms with E-state index in [0.717, 1.165) is 12.1 Å². The molecule has 0 radical (unpaired) electrons. The highest BCUT2D eigenvalue weighted by Crippen LogP contribution is 2.33. The van der Waals surface area contributed by atoms with E-state index >= 15 is 0 Å². The molecule has 1 aromatic heterocycles. The van der Waals surface area contributed by atoms with Gasteiger partial charge in [0.1, 0.15) is 17.2 Å². The van der Waals surface area contributed by atoms with Gasteiger partial charge in [0.2, 0.25) is 0 Å². The van der Waals surface area contributed by atoms with E-state index in [1.54, 1.807) is 39.7 Å². The van der Waals surface area contributed by atoms with Gasteiger partial charge in [-0.3, -0.25) is 4.99 Å². The summed E-state index contributed by atoms with van der Waals surface area (Å²) in [7, 11) is 6.61. The molecule has 2 rings (SSSR count). The minimum atomic E-state index is 0.514. The van der Waals surface area contributed by atoms with Crippen molar-refractivity contribution in [2.24, 2.45) is 4.99 Å². The van der Waals surface area contributed by atoms with Crippen LogP contribution in [-0.2, 0) is 13.1 Å². The molecule has 0 aliphatic carbocycles. The summed E-state index contributed by atoms with van der Waals surface area (Å²) in [5.41, 5.74) is 0.903. The first-order chi connectivity index (χ1) is 11.7. The van der Waals surface area contributed by atoms with E-state index in [2.05, 4.69) is 27.1 Å². The molecule has 0 unspecified atom stereocenters. The van der Waals surface area contributed by atoms with Gasteiger partial charge in [-0.05, 0) is 11.4 Å².